The molecular formula is C15H19ClFN3OS. The topological polar surface area (TPSA) is 47.0 Å². The summed E-state index contributed by atoms with van der Waals surface area (Å²) in [6.45, 7) is 5.04. The molecule has 0 bridgehead atoms. The summed E-state index contributed by atoms with van der Waals surface area (Å²) in [5.41, 5.74) is 0.157. The van der Waals surface area contributed by atoms with Crippen molar-refractivity contribution >= 4 is 28.3 Å². The molecule has 0 atom stereocenters. The van der Waals surface area contributed by atoms with E-state index in [1.807, 2.05) is 13.8 Å². The molecule has 1 aromatic heterocycles. The Morgan fingerprint density at radius 3 is 2.91 bits per heavy atom. The second-order valence-corrected chi connectivity index (χ2v) is 6.76. The molecule has 0 spiro atoms. The quantitative estimate of drug-likeness (QED) is 0.828. The number of ether oxygens (including phenoxy) is 1. The van der Waals surface area contributed by atoms with Crippen molar-refractivity contribution in [2.75, 3.05) is 25.6 Å². The monoisotopic (exact) mass is 343 g/mol. The molecule has 1 N–H and O–H groups in total. The summed E-state index contributed by atoms with van der Waals surface area (Å²) in [6, 6.07) is 5.07. The highest BCUT2D eigenvalue weighted by Crippen LogP contribution is 2.30. The van der Waals surface area contributed by atoms with E-state index in [9.17, 15) is 4.39 Å². The van der Waals surface area contributed by atoms with Crippen LogP contribution in [-0.2, 0) is 16.6 Å². The lowest BCUT2D eigenvalue weighted by Gasteiger charge is -2.26. The minimum atomic E-state index is -0.423. The van der Waals surface area contributed by atoms with E-state index in [-0.39, 0.29) is 10.8 Å². The van der Waals surface area contributed by atoms with Crippen molar-refractivity contribution < 1.29 is 9.13 Å². The van der Waals surface area contributed by atoms with Crippen LogP contribution in [0.2, 0.25) is 5.02 Å². The number of nitrogens with zero attached hydrogens (tertiary/aromatic N) is 2. The number of benzene rings is 1. The summed E-state index contributed by atoms with van der Waals surface area (Å²) in [6.07, 6.45) is 0.682. The number of methoxy groups -OCH3 is 1. The SMILES string of the molecule is COCCc1nsc(NCC(C)(C)c2cccc(Cl)c2F)n1. The van der Waals surface area contributed by atoms with Crippen LogP contribution >= 0.6 is 23.1 Å². The molecule has 120 valence electrons. The Labute approximate surface area is 138 Å². The molecule has 7 heteroatoms. The van der Waals surface area contributed by atoms with Crippen LogP contribution in [0.5, 0.6) is 0 Å². The van der Waals surface area contributed by atoms with E-state index in [4.69, 9.17) is 16.3 Å². The summed E-state index contributed by atoms with van der Waals surface area (Å²) in [5.74, 6) is 0.384. The molecule has 0 saturated carbocycles. The lowest BCUT2D eigenvalue weighted by Crippen LogP contribution is -2.28. The van der Waals surface area contributed by atoms with Gasteiger partial charge < -0.3 is 10.1 Å². The molecule has 2 rings (SSSR count). The van der Waals surface area contributed by atoms with E-state index in [0.717, 1.165) is 11.0 Å². The standard InChI is InChI=1S/C15H19ClFN3OS/c1-15(2,10-5-4-6-11(16)13(10)17)9-18-14-19-12(20-22-14)7-8-21-3/h4-6H,7-9H2,1-3H3,(H,18,19,20). The van der Waals surface area contributed by atoms with Gasteiger partial charge in [-0.15, -0.1) is 0 Å². The zero-order chi connectivity index (χ0) is 16.2. The van der Waals surface area contributed by atoms with Crippen molar-refractivity contribution in [1.29, 1.82) is 0 Å². The van der Waals surface area contributed by atoms with E-state index in [0.29, 0.717) is 25.1 Å². The lowest BCUT2D eigenvalue weighted by molar-refractivity contribution is 0.201. The van der Waals surface area contributed by atoms with Gasteiger partial charge >= 0.3 is 0 Å². The summed E-state index contributed by atoms with van der Waals surface area (Å²) < 4.78 is 23.4. The Balaban J connectivity index is 2.03. The fourth-order valence-electron chi connectivity index (χ4n) is 2.04. The maximum absolute atomic E-state index is 14.2. The van der Waals surface area contributed by atoms with E-state index < -0.39 is 5.41 Å². The Bertz CT molecular complexity index is 633. The van der Waals surface area contributed by atoms with Crippen LogP contribution in [0.4, 0.5) is 9.52 Å². The van der Waals surface area contributed by atoms with Crippen molar-refractivity contribution in [2.45, 2.75) is 25.7 Å². The zero-order valence-electron chi connectivity index (χ0n) is 12.8. The highest BCUT2D eigenvalue weighted by atomic mass is 35.5. The molecule has 0 saturated heterocycles. The predicted molar refractivity (Wildman–Crippen MR) is 88.4 cm³/mol. The number of anilines is 1. The third-order valence-corrected chi connectivity index (χ3v) is 4.36. The highest BCUT2D eigenvalue weighted by molar-refractivity contribution is 7.09. The second-order valence-electron chi connectivity index (χ2n) is 5.60. The second kappa shape index (κ2) is 7.35. The normalized spacial score (nSPS) is 11.7. The summed E-state index contributed by atoms with van der Waals surface area (Å²) >= 11 is 7.16. The van der Waals surface area contributed by atoms with Crippen LogP contribution in [0, 0.1) is 5.82 Å². The molecule has 0 amide bonds. The molecular weight excluding hydrogens is 325 g/mol. The number of hydrogen-bond acceptors (Lipinski definition) is 5. The fraction of sp³-hybridized carbons (Fsp3) is 0.467. The van der Waals surface area contributed by atoms with Gasteiger partial charge in [0.2, 0.25) is 5.13 Å². The maximum Gasteiger partial charge on any atom is 0.202 e. The Morgan fingerprint density at radius 2 is 2.18 bits per heavy atom. The van der Waals surface area contributed by atoms with Gasteiger partial charge in [0, 0.05) is 37.0 Å². The predicted octanol–water partition coefficient (Wildman–Crippen LogP) is 3.91. The van der Waals surface area contributed by atoms with Crippen molar-refractivity contribution in [3.63, 3.8) is 0 Å². The lowest BCUT2D eigenvalue weighted by atomic mass is 9.84. The Morgan fingerprint density at radius 1 is 1.41 bits per heavy atom. The van der Waals surface area contributed by atoms with Gasteiger partial charge in [0.25, 0.3) is 0 Å². The van der Waals surface area contributed by atoms with Gasteiger partial charge in [-0.2, -0.15) is 4.37 Å². The third-order valence-electron chi connectivity index (χ3n) is 3.36. The zero-order valence-corrected chi connectivity index (χ0v) is 14.4. The third kappa shape index (κ3) is 4.15. The van der Waals surface area contributed by atoms with E-state index >= 15 is 0 Å². The number of rotatable bonds is 7. The van der Waals surface area contributed by atoms with Crippen LogP contribution in [0.3, 0.4) is 0 Å². The Kier molecular flexibility index (Phi) is 5.72. The summed E-state index contributed by atoms with van der Waals surface area (Å²) in [7, 11) is 1.65. The van der Waals surface area contributed by atoms with Crippen LogP contribution < -0.4 is 5.32 Å². The number of aromatic nitrogens is 2. The first-order valence-electron chi connectivity index (χ1n) is 6.94. The number of halogens is 2. The smallest absolute Gasteiger partial charge is 0.202 e. The molecule has 0 aliphatic rings. The first-order chi connectivity index (χ1) is 10.4. The molecule has 0 radical (unpaired) electrons. The average Bonchev–Trinajstić information content (AvgIpc) is 2.94. The van der Waals surface area contributed by atoms with Gasteiger partial charge in [-0.3, -0.25) is 0 Å². The van der Waals surface area contributed by atoms with Crippen molar-refractivity contribution in [2.24, 2.45) is 0 Å². The molecule has 2 aromatic rings. The van der Waals surface area contributed by atoms with Gasteiger partial charge in [-0.1, -0.05) is 37.6 Å². The van der Waals surface area contributed by atoms with Crippen LogP contribution in [0.1, 0.15) is 25.2 Å². The molecule has 22 heavy (non-hydrogen) atoms. The van der Waals surface area contributed by atoms with Gasteiger partial charge in [0.1, 0.15) is 11.6 Å². The molecule has 1 aromatic carbocycles. The number of nitrogens with one attached hydrogen (secondary N) is 1. The molecule has 4 nitrogen and oxygen atoms in total. The van der Waals surface area contributed by atoms with Gasteiger partial charge in [0.05, 0.1) is 11.6 Å². The molecule has 0 fully saturated rings. The Hall–Kier alpha value is -1.24. The van der Waals surface area contributed by atoms with E-state index in [1.54, 1.807) is 25.3 Å². The van der Waals surface area contributed by atoms with Crippen molar-refractivity contribution in [3.8, 4) is 0 Å². The van der Waals surface area contributed by atoms with Crippen molar-refractivity contribution in [3.05, 3.63) is 40.4 Å². The molecule has 1 heterocycles. The summed E-state index contributed by atoms with van der Waals surface area (Å²) in [5, 5.41) is 4.09. The largest absolute Gasteiger partial charge is 0.384 e. The molecule has 0 aliphatic heterocycles. The van der Waals surface area contributed by atoms with E-state index in [1.165, 1.54) is 11.5 Å². The minimum absolute atomic E-state index is 0.142. The van der Waals surface area contributed by atoms with E-state index in [2.05, 4.69) is 14.7 Å². The van der Waals surface area contributed by atoms with Crippen LogP contribution in [-0.4, -0.2) is 29.6 Å². The summed E-state index contributed by atoms with van der Waals surface area (Å²) in [4.78, 5) is 4.38. The first kappa shape index (κ1) is 17.1. The maximum atomic E-state index is 14.2. The van der Waals surface area contributed by atoms with Gasteiger partial charge in [0.15, 0.2) is 0 Å². The highest BCUT2D eigenvalue weighted by Gasteiger charge is 2.25. The minimum Gasteiger partial charge on any atom is -0.384 e. The molecule has 0 aliphatic carbocycles. The average molecular weight is 344 g/mol. The molecule has 0 unspecified atom stereocenters. The van der Waals surface area contributed by atoms with Crippen molar-refractivity contribution in [1.82, 2.24) is 9.36 Å². The van der Waals surface area contributed by atoms with Crippen LogP contribution in [0.25, 0.3) is 0 Å². The van der Waals surface area contributed by atoms with Gasteiger partial charge in [-0.05, 0) is 11.6 Å². The number of hydrogen-bond donors (Lipinski definition) is 1. The fourth-order valence-corrected chi connectivity index (χ4v) is 2.82. The van der Waals surface area contributed by atoms with Gasteiger partial charge in [-0.25, -0.2) is 9.37 Å². The first-order valence-corrected chi connectivity index (χ1v) is 8.09. The van der Waals surface area contributed by atoms with Crippen LogP contribution in [0.15, 0.2) is 18.2 Å².